The number of nitrogens with zero attached hydrogens (tertiary/aromatic N) is 3. The van der Waals surface area contributed by atoms with Gasteiger partial charge in [-0.2, -0.15) is 8.42 Å². The first-order valence-corrected chi connectivity index (χ1v) is 9.60. The quantitative estimate of drug-likeness (QED) is 0.641. The third kappa shape index (κ3) is 3.07. The molecule has 7 nitrogen and oxygen atoms in total. The van der Waals surface area contributed by atoms with E-state index in [0.717, 1.165) is 22.6 Å². The molecule has 134 valence electrons. The smallest absolute Gasteiger partial charge is 0.325 e. The maximum absolute atomic E-state index is 10.9. The van der Waals surface area contributed by atoms with E-state index >= 15 is 0 Å². The van der Waals surface area contributed by atoms with Gasteiger partial charge in [0.2, 0.25) is 0 Å². The first kappa shape index (κ1) is 17.0. The monoisotopic (exact) mass is 391 g/mol. The van der Waals surface area contributed by atoms with Crippen LogP contribution in [0.1, 0.15) is 23.1 Å². The second-order valence-corrected chi connectivity index (χ2v) is 7.28. The van der Waals surface area contributed by atoms with Crippen molar-refractivity contribution >= 4 is 39.2 Å². The lowest BCUT2D eigenvalue weighted by atomic mass is 9.93. The number of oxime groups is 1. The predicted octanol–water partition coefficient (Wildman–Crippen LogP) is 3.03. The summed E-state index contributed by atoms with van der Waals surface area (Å²) in [5.74, 6) is 0.830. The van der Waals surface area contributed by atoms with E-state index in [4.69, 9.17) is 21.1 Å². The van der Waals surface area contributed by atoms with Crippen LogP contribution < -0.4 is 4.90 Å². The van der Waals surface area contributed by atoms with Gasteiger partial charge in [0.05, 0.1) is 17.9 Å². The summed E-state index contributed by atoms with van der Waals surface area (Å²) in [6.07, 6.45) is 0.426. The fraction of sp³-hybridized carbons (Fsp3) is 0.176. The molecule has 0 spiro atoms. The van der Waals surface area contributed by atoms with Gasteiger partial charge in [-0.3, -0.25) is 9.55 Å². The lowest BCUT2D eigenvalue weighted by Crippen LogP contribution is -2.41. The zero-order valence-corrected chi connectivity index (χ0v) is 15.0. The van der Waals surface area contributed by atoms with Gasteiger partial charge >= 0.3 is 10.4 Å². The third-order valence-electron chi connectivity index (χ3n) is 4.29. The third-order valence-corrected chi connectivity index (χ3v) is 4.91. The maximum atomic E-state index is 10.9. The van der Waals surface area contributed by atoms with Gasteiger partial charge in [-0.1, -0.05) is 47.1 Å². The number of benzene rings is 2. The molecule has 2 aliphatic rings. The highest BCUT2D eigenvalue weighted by atomic mass is 35.5. The minimum Gasteiger partial charge on any atom is -0.325 e. The summed E-state index contributed by atoms with van der Waals surface area (Å²) in [6.45, 7) is 0.941. The van der Waals surface area contributed by atoms with Crippen LogP contribution in [0.5, 0.6) is 0 Å². The SMILES string of the molecule is O=S(=O)(O)O/N=C1/CCN2C(c3ccccc3)=NCc3c(Cl)ccc1c32. The van der Waals surface area contributed by atoms with E-state index < -0.39 is 10.4 Å². The summed E-state index contributed by atoms with van der Waals surface area (Å²) < 4.78 is 34.7. The molecule has 0 amide bonds. The van der Waals surface area contributed by atoms with Crippen molar-refractivity contribution in [3.05, 3.63) is 64.2 Å². The average molecular weight is 392 g/mol. The molecule has 2 aromatic rings. The standard InChI is InChI=1S/C17H14ClN3O4S/c18-14-7-6-12-15(20-25-26(22,23)24)8-9-21-16(12)13(14)10-19-17(21)11-4-2-1-3-5-11/h1-7H,8-10H2,(H,22,23,24)/b20-15-. The Balaban J connectivity index is 1.82. The van der Waals surface area contributed by atoms with Crippen LogP contribution in [-0.2, 0) is 21.2 Å². The molecule has 0 radical (unpaired) electrons. The molecule has 4 rings (SSSR count). The molecule has 9 heteroatoms. The highest BCUT2D eigenvalue weighted by Gasteiger charge is 2.32. The molecule has 0 saturated carbocycles. The molecule has 2 heterocycles. The summed E-state index contributed by atoms with van der Waals surface area (Å²) in [5, 5.41) is 4.21. The van der Waals surface area contributed by atoms with Crippen LogP contribution in [0.2, 0.25) is 5.02 Å². The van der Waals surface area contributed by atoms with Crippen molar-refractivity contribution in [3.63, 3.8) is 0 Å². The van der Waals surface area contributed by atoms with Crippen LogP contribution in [0.4, 0.5) is 5.69 Å². The van der Waals surface area contributed by atoms with Crippen LogP contribution in [-0.4, -0.2) is 31.1 Å². The highest BCUT2D eigenvalue weighted by Crippen LogP contribution is 2.39. The number of amidine groups is 1. The Labute approximate surface area is 155 Å². The van der Waals surface area contributed by atoms with Crippen molar-refractivity contribution in [1.82, 2.24) is 0 Å². The van der Waals surface area contributed by atoms with Crippen molar-refractivity contribution in [2.75, 3.05) is 11.4 Å². The molecule has 26 heavy (non-hydrogen) atoms. The zero-order valence-electron chi connectivity index (χ0n) is 13.5. The van der Waals surface area contributed by atoms with Crippen LogP contribution in [0.3, 0.4) is 0 Å². The number of aliphatic imine (C=N–C) groups is 1. The van der Waals surface area contributed by atoms with Crippen molar-refractivity contribution < 1.29 is 17.3 Å². The van der Waals surface area contributed by atoms with E-state index in [2.05, 4.69) is 14.3 Å². The summed E-state index contributed by atoms with van der Waals surface area (Å²) in [6, 6.07) is 13.3. The molecule has 0 atom stereocenters. The minimum absolute atomic E-state index is 0.412. The van der Waals surface area contributed by atoms with Gasteiger partial charge in [0.25, 0.3) is 0 Å². The average Bonchev–Trinajstić information content (AvgIpc) is 2.63. The largest absolute Gasteiger partial charge is 0.466 e. The van der Waals surface area contributed by atoms with Crippen LogP contribution in [0, 0.1) is 0 Å². The van der Waals surface area contributed by atoms with Crippen molar-refractivity contribution in [2.45, 2.75) is 13.0 Å². The molecule has 0 bridgehead atoms. The summed E-state index contributed by atoms with van der Waals surface area (Å²) in [4.78, 5) is 6.75. The number of hydrogen-bond acceptors (Lipinski definition) is 6. The van der Waals surface area contributed by atoms with Crippen LogP contribution in [0.25, 0.3) is 0 Å². The number of rotatable bonds is 3. The molecule has 2 aliphatic heterocycles. The first-order valence-electron chi connectivity index (χ1n) is 7.86. The zero-order chi connectivity index (χ0) is 18.3. The van der Waals surface area contributed by atoms with Gasteiger partial charge in [-0.15, -0.1) is 0 Å². The van der Waals surface area contributed by atoms with Crippen LogP contribution >= 0.6 is 11.6 Å². The van der Waals surface area contributed by atoms with E-state index in [-0.39, 0.29) is 0 Å². The molecule has 0 aromatic heterocycles. The Morgan fingerprint density at radius 3 is 2.69 bits per heavy atom. The fourth-order valence-corrected chi connectivity index (χ4v) is 3.64. The van der Waals surface area contributed by atoms with Gasteiger partial charge in [0.15, 0.2) is 0 Å². The molecule has 0 unspecified atom stereocenters. The van der Waals surface area contributed by atoms with Gasteiger partial charge in [-0.05, 0) is 12.1 Å². The van der Waals surface area contributed by atoms with Crippen molar-refractivity contribution in [2.24, 2.45) is 10.1 Å². The van der Waals surface area contributed by atoms with E-state index in [0.29, 0.717) is 35.8 Å². The minimum atomic E-state index is -4.65. The predicted molar refractivity (Wildman–Crippen MR) is 99.3 cm³/mol. The van der Waals surface area contributed by atoms with Gasteiger partial charge in [0.1, 0.15) is 5.84 Å². The lowest BCUT2D eigenvalue weighted by Gasteiger charge is -2.37. The Kier molecular flexibility index (Phi) is 4.18. The molecule has 1 N–H and O–H groups in total. The molecular formula is C17H14ClN3O4S. The summed E-state index contributed by atoms with van der Waals surface area (Å²) >= 11 is 6.35. The van der Waals surface area contributed by atoms with Gasteiger partial charge < -0.3 is 4.90 Å². The van der Waals surface area contributed by atoms with Crippen molar-refractivity contribution in [1.29, 1.82) is 0 Å². The topological polar surface area (TPSA) is 91.6 Å². The number of anilines is 1. The Bertz CT molecular complexity index is 1040. The molecular weight excluding hydrogens is 378 g/mol. The van der Waals surface area contributed by atoms with Gasteiger partial charge in [0, 0.05) is 34.7 Å². The Morgan fingerprint density at radius 1 is 1.19 bits per heavy atom. The molecule has 0 saturated heterocycles. The molecule has 2 aromatic carbocycles. The fourth-order valence-electron chi connectivity index (χ4n) is 3.24. The van der Waals surface area contributed by atoms with E-state index in [1.807, 2.05) is 30.3 Å². The van der Waals surface area contributed by atoms with Crippen LogP contribution in [0.15, 0.2) is 52.6 Å². The van der Waals surface area contributed by atoms with Gasteiger partial charge in [-0.25, -0.2) is 4.28 Å². The second-order valence-electron chi connectivity index (χ2n) is 5.87. The highest BCUT2D eigenvalue weighted by molar-refractivity contribution is 7.80. The maximum Gasteiger partial charge on any atom is 0.466 e. The molecule has 0 aliphatic carbocycles. The number of hydrogen-bond donors (Lipinski definition) is 1. The Hall–Kier alpha value is -2.42. The first-order chi connectivity index (χ1) is 12.4. The van der Waals surface area contributed by atoms with E-state index in [9.17, 15) is 8.42 Å². The molecule has 0 fully saturated rings. The number of halogens is 1. The van der Waals surface area contributed by atoms with Crippen molar-refractivity contribution in [3.8, 4) is 0 Å². The Morgan fingerprint density at radius 2 is 1.96 bits per heavy atom. The normalized spacial score (nSPS) is 17.7. The summed E-state index contributed by atoms with van der Waals surface area (Å²) in [7, 11) is -4.65. The van der Waals surface area contributed by atoms with E-state index in [1.165, 1.54) is 0 Å². The second kappa shape index (κ2) is 6.39. The lowest BCUT2D eigenvalue weighted by molar-refractivity contribution is 0.281. The van der Waals surface area contributed by atoms with E-state index in [1.54, 1.807) is 12.1 Å². The summed E-state index contributed by atoms with van der Waals surface area (Å²) in [5.41, 5.74) is 3.82.